The van der Waals surface area contributed by atoms with E-state index in [-0.39, 0.29) is 5.82 Å². The summed E-state index contributed by atoms with van der Waals surface area (Å²) in [7, 11) is 0. The van der Waals surface area contributed by atoms with Crippen LogP contribution in [0, 0.1) is 5.82 Å². The van der Waals surface area contributed by atoms with Crippen molar-refractivity contribution in [3.63, 3.8) is 0 Å². The molecule has 3 nitrogen and oxygen atoms in total. The number of anilines is 1. The first-order valence-electron chi connectivity index (χ1n) is 5.61. The zero-order valence-corrected chi connectivity index (χ0v) is 13.9. The molecule has 0 spiro atoms. The number of thiophene rings is 1. The molecule has 0 aliphatic carbocycles. The second-order valence-electron chi connectivity index (χ2n) is 4.10. The number of nitrogens with zero attached hydrogens (tertiary/aromatic N) is 1. The fraction of sp³-hybridized carbons (Fsp3) is 0. The zero-order chi connectivity index (χ0) is 14.3. The zero-order valence-electron chi connectivity index (χ0n) is 9.95. The van der Waals surface area contributed by atoms with Crippen molar-refractivity contribution in [2.45, 2.75) is 0 Å². The highest BCUT2D eigenvalue weighted by atomic mass is 79.9. The summed E-state index contributed by atoms with van der Waals surface area (Å²) in [6.45, 7) is 0. The molecule has 7 heteroatoms. The van der Waals surface area contributed by atoms with Crippen molar-refractivity contribution in [3.8, 4) is 22.4 Å². The van der Waals surface area contributed by atoms with E-state index in [1.165, 1.54) is 12.1 Å². The van der Waals surface area contributed by atoms with Crippen molar-refractivity contribution in [3.05, 3.63) is 43.7 Å². The summed E-state index contributed by atoms with van der Waals surface area (Å²) < 4.78 is 15.0. The van der Waals surface area contributed by atoms with Gasteiger partial charge in [0, 0.05) is 5.56 Å². The third-order valence-corrected chi connectivity index (χ3v) is 5.19. The molecule has 0 fully saturated rings. The fourth-order valence-electron chi connectivity index (χ4n) is 1.97. The number of rotatable bonds is 2. The van der Waals surface area contributed by atoms with Crippen LogP contribution in [0.15, 0.2) is 37.9 Å². The molecule has 3 N–H and O–H groups in total. The van der Waals surface area contributed by atoms with Crippen molar-refractivity contribution in [2.75, 3.05) is 5.73 Å². The largest absolute Gasteiger partial charge is 0.382 e. The van der Waals surface area contributed by atoms with E-state index in [0.29, 0.717) is 5.82 Å². The topological polar surface area (TPSA) is 54.7 Å². The summed E-state index contributed by atoms with van der Waals surface area (Å²) in [5.74, 6) is 0.109. The summed E-state index contributed by atoms with van der Waals surface area (Å²) in [6, 6.07) is 8.17. The standard InChI is InChI=1S/C13H8Br2FN3S/c14-9-5-8(12(15)20-9)11-10(13(17)19-18-11)6-1-3-7(16)4-2-6/h1-5H,(H3,17,18,19). The predicted molar refractivity (Wildman–Crippen MR) is 87.1 cm³/mol. The van der Waals surface area contributed by atoms with E-state index in [1.807, 2.05) is 6.07 Å². The predicted octanol–water partition coefficient (Wildman–Crippen LogP) is 5.05. The maximum atomic E-state index is 13.1. The van der Waals surface area contributed by atoms with Crippen LogP contribution in [-0.2, 0) is 0 Å². The van der Waals surface area contributed by atoms with Gasteiger partial charge in [-0.3, -0.25) is 5.10 Å². The molecule has 20 heavy (non-hydrogen) atoms. The highest BCUT2D eigenvalue weighted by Crippen LogP contribution is 2.42. The average molecular weight is 417 g/mol. The summed E-state index contributed by atoms with van der Waals surface area (Å²) in [5.41, 5.74) is 9.31. The summed E-state index contributed by atoms with van der Waals surface area (Å²) >= 11 is 8.54. The van der Waals surface area contributed by atoms with Gasteiger partial charge in [-0.15, -0.1) is 11.3 Å². The van der Waals surface area contributed by atoms with Gasteiger partial charge < -0.3 is 5.73 Å². The number of hydrogen-bond acceptors (Lipinski definition) is 3. The summed E-state index contributed by atoms with van der Waals surface area (Å²) in [5, 5.41) is 7.01. The quantitative estimate of drug-likeness (QED) is 0.613. The Kier molecular flexibility index (Phi) is 3.66. The van der Waals surface area contributed by atoms with Crippen molar-refractivity contribution < 1.29 is 4.39 Å². The molecule has 0 atom stereocenters. The van der Waals surface area contributed by atoms with Crippen LogP contribution in [0.3, 0.4) is 0 Å². The minimum absolute atomic E-state index is 0.281. The second-order valence-corrected chi connectivity index (χ2v) is 7.85. The number of hydrogen-bond donors (Lipinski definition) is 2. The molecule has 2 heterocycles. The lowest BCUT2D eigenvalue weighted by molar-refractivity contribution is 0.628. The molecule has 102 valence electrons. The Balaban J connectivity index is 2.19. The molecule has 0 saturated carbocycles. The molecule has 0 bridgehead atoms. The van der Waals surface area contributed by atoms with E-state index in [1.54, 1.807) is 23.5 Å². The van der Waals surface area contributed by atoms with Gasteiger partial charge in [-0.2, -0.15) is 5.10 Å². The van der Waals surface area contributed by atoms with Gasteiger partial charge >= 0.3 is 0 Å². The minimum atomic E-state index is -0.281. The summed E-state index contributed by atoms with van der Waals surface area (Å²) in [6.07, 6.45) is 0. The van der Waals surface area contributed by atoms with Crippen molar-refractivity contribution in [2.24, 2.45) is 0 Å². The van der Waals surface area contributed by atoms with Gasteiger partial charge in [0.05, 0.1) is 18.8 Å². The first-order valence-corrected chi connectivity index (χ1v) is 8.01. The Hall–Kier alpha value is -1.18. The minimum Gasteiger partial charge on any atom is -0.382 e. The third-order valence-electron chi connectivity index (χ3n) is 2.85. The van der Waals surface area contributed by atoms with Crippen LogP contribution in [-0.4, -0.2) is 10.2 Å². The maximum Gasteiger partial charge on any atom is 0.153 e. The molecule has 0 amide bonds. The Morgan fingerprint density at radius 2 is 1.90 bits per heavy atom. The average Bonchev–Trinajstić information content (AvgIpc) is 2.93. The highest BCUT2D eigenvalue weighted by Gasteiger charge is 2.18. The SMILES string of the molecule is Nc1n[nH]c(-c2cc(Br)sc2Br)c1-c1ccc(F)cc1. The van der Waals surface area contributed by atoms with E-state index >= 15 is 0 Å². The first-order chi connectivity index (χ1) is 9.56. The van der Waals surface area contributed by atoms with E-state index in [0.717, 1.165) is 30.0 Å². The number of aromatic nitrogens is 2. The number of H-pyrrole nitrogens is 1. The monoisotopic (exact) mass is 415 g/mol. The number of nitrogen functional groups attached to an aromatic ring is 1. The molecule has 2 aromatic heterocycles. The van der Waals surface area contributed by atoms with Gasteiger partial charge in [-0.25, -0.2) is 4.39 Å². The van der Waals surface area contributed by atoms with Crippen molar-refractivity contribution in [1.29, 1.82) is 0 Å². The number of benzene rings is 1. The molecule has 3 aromatic rings. The molecule has 1 aromatic carbocycles. The van der Waals surface area contributed by atoms with Crippen LogP contribution in [0.5, 0.6) is 0 Å². The van der Waals surface area contributed by atoms with Crippen LogP contribution in [0.2, 0.25) is 0 Å². The molecular weight excluding hydrogens is 409 g/mol. The van der Waals surface area contributed by atoms with Crippen LogP contribution in [0.1, 0.15) is 0 Å². The lowest BCUT2D eigenvalue weighted by Gasteiger charge is -2.04. The Bertz CT molecular complexity index is 765. The number of nitrogens with one attached hydrogen (secondary N) is 1. The van der Waals surface area contributed by atoms with Gasteiger partial charge in [0.2, 0.25) is 0 Å². The van der Waals surface area contributed by atoms with Crippen molar-refractivity contribution >= 4 is 49.0 Å². The Morgan fingerprint density at radius 1 is 1.20 bits per heavy atom. The van der Waals surface area contributed by atoms with Gasteiger partial charge in [-0.05, 0) is 55.6 Å². The maximum absolute atomic E-state index is 13.1. The molecule has 3 rings (SSSR count). The smallest absolute Gasteiger partial charge is 0.153 e. The number of nitrogens with two attached hydrogens (primary N) is 1. The van der Waals surface area contributed by atoms with Crippen LogP contribution in [0.4, 0.5) is 10.2 Å². The first kappa shape index (κ1) is 13.8. The van der Waals surface area contributed by atoms with Crippen molar-refractivity contribution in [1.82, 2.24) is 10.2 Å². The fourth-order valence-corrected chi connectivity index (χ4v) is 4.79. The van der Waals surface area contributed by atoms with Gasteiger partial charge in [0.1, 0.15) is 5.82 Å². The molecule has 0 aliphatic heterocycles. The Morgan fingerprint density at radius 3 is 2.50 bits per heavy atom. The van der Waals surface area contributed by atoms with E-state index in [2.05, 4.69) is 42.1 Å². The van der Waals surface area contributed by atoms with E-state index in [4.69, 9.17) is 5.73 Å². The molecule has 0 radical (unpaired) electrons. The molecule has 0 aliphatic rings. The number of aromatic amines is 1. The van der Waals surface area contributed by atoms with Gasteiger partial charge in [-0.1, -0.05) is 12.1 Å². The Labute approximate surface area is 135 Å². The van der Waals surface area contributed by atoms with Crippen LogP contribution >= 0.6 is 43.2 Å². The number of halogens is 3. The highest BCUT2D eigenvalue weighted by molar-refractivity contribution is 9.12. The third kappa shape index (κ3) is 2.41. The summed E-state index contributed by atoms with van der Waals surface area (Å²) in [4.78, 5) is 0. The normalized spacial score (nSPS) is 10.9. The van der Waals surface area contributed by atoms with E-state index < -0.39 is 0 Å². The van der Waals surface area contributed by atoms with Gasteiger partial charge in [0.15, 0.2) is 5.82 Å². The van der Waals surface area contributed by atoms with Crippen LogP contribution < -0.4 is 5.73 Å². The van der Waals surface area contributed by atoms with Gasteiger partial charge in [0.25, 0.3) is 0 Å². The van der Waals surface area contributed by atoms with Crippen LogP contribution in [0.25, 0.3) is 22.4 Å². The lowest BCUT2D eigenvalue weighted by Crippen LogP contribution is -1.89. The van der Waals surface area contributed by atoms with E-state index in [9.17, 15) is 4.39 Å². The molecular formula is C13H8Br2FN3S. The molecule has 0 saturated heterocycles. The second kappa shape index (κ2) is 5.31. The molecule has 0 unspecified atom stereocenters. The lowest BCUT2D eigenvalue weighted by atomic mass is 10.0.